The summed E-state index contributed by atoms with van der Waals surface area (Å²) in [7, 11) is 0. The number of halogens is 2. The Bertz CT molecular complexity index is 642. The normalized spacial score (nSPS) is 13.9. The lowest BCUT2D eigenvalue weighted by Gasteiger charge is -2.09. The second-order valence-electron chi connectivity index (χ2n) is 3.94. The van der Waals surface area contributed by atoms with Crippen molar-refractivity contribution in [1.29, 1.82) is 0 Å². The van der Waals surface area contributed by atoms with Gasteiger partial charge in [-0.3, -0.25) is 0 Å². The molecule has 1 aliphatic rings. The molecule has 104 valence electrons. The first-order valence-corrected chi connectivity index (χ1v) is 7.43. The topological polar surface area (TPSA) is 57.1 Å². The Hall–Kier alpha value is -1.24. The first-order chi connectivity index (χ1) is 9.72. The molecule has 20 heavy (non-hydrogen) atoms. The van der Waals surface area contributed by atoms with Crippen molar-refractivity contribution in [2.75, 3.05) is 13.2 Å². The van der Waals surface area contributed by atoms with Crippen LogP contribution in [0.15, 0.2) is 28.1 Å². The molecule has 5 nitrogen and oxygen atoms in total. The van der Waals surface area contributed by atoms with E-state index in [1.165, 1.54) is 11.8 Å². The van der Waals surface area contributed by atoms with Crippen LogP contribution in [0, 0.1) is 0 Å². The lowest BCUT2D eigenvalue weighted by molar-refractivity contribution is 0.297. The summed E-state index contributed by atoms with van der Waals surface area (Å²) in [5, 5.41) is 8.08. The predicted molar refractivity (Wildman–Crippen MR) is 76.0 cm³/mol. The molecular formula is C12H9Cl2N3O2S. The fraction of sp³-hybridized carbons (Fsp3) is 0.250. The van der Waals surface area contributed by atoms with Gasteiger partial charge in [0.05, 0.1) is 13.2 Å². The van der Waals surface area contributed by atoms with Gasteiger partial charge in [-0.2, -0.15) is 0 Å². The SMILES string of the molecule is Clc1nnc(Cl)c(Sc2ccc3c(c2)OCCCO3)n1. The Morgan fingerprint density at radius 3 is 2.70 bits per heavy atom. The third kappa shape index (κ3) is 3.08. The monoisotopic (exact) mass is 329 g/mol. The minimum absolute atomic E-state index is 0.0613. The summed E-state index contributed by atoms with van der Waals surface area (Å²) in [5.41, 5.74) is 0. The molecule has 0 unspecified atom stereocenters. The molecule has 0 spiro atoms. The molecule has 2 aromatic rings. The molecule has 0 radical (unpaired) electrons. The van der Waals surface area contributed by atoms with Crippen LogP contribution in [0.2, 0.25) is 10.4 Å². The maximum Gasteiger partial charge on any atom is 0.244 e. The average molecular weight is 330 g/mol. The number of hydrogen-bond donors (Lipinski definition) is 0. The van der Waals surface area contributed by atoms with E-state index < -0.39 is 0 Å². The molecular weight excluding hydrogens is 321 g/mol. The highest BCUT2D eigenvalue weighted by Crippen LogP contribution is 2.37. The van der Waals surface area contributed by atoms with Crippen molar-refractivity contribution < 1.29 is 9.47 Å². The molecule has 2 heterocycles. The summed E-state index contributed by atoms with van der Waals surface area (Å²) >= 11 is 13.0. The fourth-order valence-corrected chi connectivity index (χ4v) is 2.81. The number of fused-ring (bicyclic) bond motifs is 1. The fourth-order valence-electron chi connectivity index (χ4n) is 1.66. The van der Waals surface area contributed by atoms with Gasteiger partial charge in [-0.25, -0.2) is 4.98 Å². The molecule has 0 saturated carbocycles. The van der Waals surface area contributed by atoms with Gasteiger partial charge in [0.1, 0.15) is 5.03 Å². The van der Waals surface area contributed by atoms with Crippen molar-refractivity contribution in [3.63, 3.8) is 0 Å². The first-order valence-electron chi connectivity index (χ1n) is 5.85. The van der Waals surface area contributed by atoms with Crippen LogP contribution >= 0.6 is 35.0 Å². The van der Waals surface area contributed by atoms with Crippen molar-refractivity contribution in [2.24, 2.45) is 0 Å². The molecule has 3 rings (SSSR count). The van der Waals surface area contributed by atoms with E-state index in [1.54, 1.807) is 0 Å². The average Bonchev–Trinajstić information content (AvgIpc) is 2.67. The number of rotatable bonds is 2. The first kappa shape index (κ1) is 13.7. The van der Waals surface area contributed by atoms with E-state index in [-0.39, 0.29) is 10.4 Å². The van der Waals surface area contributed by atoms with Gasteiger partial charge in [0.15, 0.2) is 16.7 Å². The number of nitrogens with zero attached hydrogens (tertiary/aromatic N) is 3. The molecule has 0 bridgehead atoms. The molecule has 1 aromatic heterocycles. The third-order valence-electron chi connectivity index (χ3n) is 2.52. The Morgan fingerprint density at radius 2 is 1.85 bits per heavy atom. The zero-order valence-electron chi connectivity index (χ0n) is 10.2. The minimum atomic E-state index is 0.0613. The number of hydrogen-bond acceptors (Lipinski definition) is 6. The van der Waals surface area contributed by atoms with E-state index in [1.807, 2.05) is 18.2 Å². The lowest BCUT2D eigenvalue weighted by atomic mass is 10.3. The maximum absolute atomic E-state index is 5.94. The predicted octanol–water partition coefficient (Wildman–Crippen LogP) is 3.49. The van der Waals surface area contributed by atoms with Crippen molar-refractivity contribution in [2.45, 2.75) is 16.3 Å². The summed E-state index contributed by atoms with van der Waals surface area (Å²) in [6, 6.07) is 5.66. The Kier molecular flexibility index (Phi) is 4.14. The van der Waals surface area contributed by atoms with Gasteiger partial charge in [-0.1, -0.05) is 23.4 Å². The van der Waals surface area contributed by atoms with Crippen LogP contribution in [-0.2, 0) is 0 Å². The van der Waals surface area contributed by atoms with Crippen molar-refractivity contribution >= 4 is 35.0 Å². The summed E-state index contributed by atoms with van der Waals surface area (Å²) in [6.45, 7) is 1.31. The standard InChI is InChI=1S/C12H9Cl2N3O2S/c13-10-11(15-12(14)17-16-10)20-7-2-3-8-9(6-7)19-5-1-4-18-8/h2-3,6H,1,4-5H2. The van der Waals surface area contributed by atoms with Crippen LogP contribution in [-0.4, -0.2) is 28.4 Å². The van der Waals surface area contributed by atoms with Crippen LogP contribution in [0.25, 0.3) is 0 Å². The van der Waals surface area contributed by atoms with Crippen molar-refractivity contribution in [3.05, 3.63) is 28.6 Å². The van der Waals surface area contributed by atoms with E-state index >= 15 is 0 Å². The molecule has 1 aliphatic heterocycles. The van der Waals surface area contributed by atoms with Gasteiger partial charge in [0.25, 0.3) is 0 Å². The maximum atomic E-state index is 5.94. The zero-order chi connectivity index (χ0) is 13.9. The number of benzene rings is 1. The second kappa shape index (κ2) is 6.03. The Morgan fingerprint density at radius 1 is 1.05 bits per heavy atom. The van der Waals surface area contributed by atoms with E-state index in [2.05, 4.69) is 15.2 Å². The summed E-state index contributed by atoms with van der Waals surface area (Å²) in [4.78, 5) is 4.96. The van der Waals surface area contributed by atoms with Gasteiger partial charge in [-0.15, -0.1) is 10.2 Å². The molecule has 0 amide bonds. The van der Waals surface area contributed by atoms with Crippen LogP contribution in [0.4, 0.5) is 0 Å². The second-order valence-corrected chi connectivity index (χ2v) is 5.70. The smallest absolute Gasteiger partial charge is 0.244 e. The third-order valence-corrected chi connectivity index (χ3v) is 4.02. The molecule has 8 heteroatoms. The van der Waals surface area contributed by atoms with E-state index in [0.717, 1.165) is 22.8 Å². The molecule has 0 aliphatic carbocycles. The van der Waals surface area contributed by atoms with Crippen molar-refractivity contribution in [3.8, 4) is 11.5 Å². The molecule has 0 N–H and O–H groups in total. The lowest BCUT2D eigenvalue weighted by Crippen LogP contribution is -1.97. The highest BCUT2D eigenvalue weighted by atomic mass is 35.5. The van der Waals surface area contributed by atoms with Gasteiger partial charge < -0.3 is 9.47 Å². The van der Waals surface area contributed by atoms with Gasteiger partial charge in [-0.05, 0) is 29.8 Å². The highest BCUT2D eigenvalue weighted by Gasteiger charge is 2.13. The van der Waals surface area contributed by atoms with E-state index in [4.69, 9.17) is 32.7 Å². The highest BCUT2D eigenvalue weighted by molar-refractivity contribution is 7.99. The summed E-state index contributed by atoms with van der Waals surface area (Å²) < 4.78 is 11.2. The van der Waals surface area contributed by atoms with Crippen LogP contribution in [0.1, 0.15) is 6.42 Å². The number of ether oxygens (including phenoxy) is 2. The quantitative estimate of drug-likeness (QED) is 0.840. The van der Waals surface area contributed by atoms with E-state index in [9.17, 15) is 0 Å². The number of aromatic nitrogens is 3. The van der Waals surface area contributed by atoms with Gasteiger partial charge >= 0.3 is 0 Å². The molecule has 0 saturated heterocycles. The Balaban J connectivity index is 1.87. The van der Waals surface area contributed by atoms with E-state index in [0.29, 0.717) is 18.2 Å². The van der Waals surface area contributed by atoms with Crippen LogP contribution in [0.5, 0.6) is 11.5 Å². The van der Waals surface area contributed by atoms with Gasteiger partial charge in [0.2, 0.25) is 5.28 Å². The molecule has 1 aromatic carbocycles. The summed E-state index contributed by atoms with van der Waals surface area (Å²) in [6.07, 6.45) is 0.869. The largest absolute Gasteiger partial charge is 0.490 e. The summed E-state index contributed by atoms with van der Waals surface area (Å²) in [5.74, 6) is 1.47. The van der Waals surface area contributed by atoms with Gasteiger partial charge in [0, 0.05) is 11.3 Å². The zero-order valence-corrected chi connectivity index (χ0v) is 12.5. The molecule has 0 fully saturated rings. The molecule has 0 atom stereocenters. The van der Waals surface area contributed by atoms with Crippen molar-refractivity contribution in [1.82, 2.24) is 15.2 Å². The van der Waals surface area contributed by atoms with Crippen LogP contribution in [0.3, 0.4) is 0 Å². The Labute approximate surface area is 129 Å². The minimum Gasteiger partial charge on any atom is -0.490 e. The van der Waals surface area contributed by atoms with Crippen LogP contribution < -0.4 is 9.47 Å².